The van der Waals surface area contributed by atoms with E-state index in [1.54, 1.807) is 6.20 Å². The number of rotatable bonds is 10. The molecule has 0 aromatic carbocycles. The number of halogens is 1. The van der Waals surface area contributed by atoms with Crippen molar-refractivity contribution in [2.45, 2.75) is 83.2 Å². The number of allylic oxidation sites excluding steroid dienone is 2. The fourth-order valence-corrected chi connectivity index (χ4v) is 3.91. The molecule has 0 unspecified atom stereocenters. The van der Waals surface area contributed by atoms with Crippen LogP contribution in [0.1, 0.15) is 76.8 Å². The van der Waals surface area contributed by atoms with Gasteiger partial charge in [0.25, 0.3) is 0 Å². The van der Waals surface area contributed by atoms with Crippen molar-refractivity contribution >= 4 is 35.2 Å². The molecular weight excluding hydrogens is 386 g/mol. The zero-order valence-corrected chi connectivity index (χ0v) is 18.0. The second-order valence-corrected chi connectivity index (χ2v) is 8.64. The number of hydrogen-bond donors (Lipinski definition) is 3. The van der Waals surface area contributed by atoms with Crippen molar-refractivity contribution < 1.29 is 4.79 Å². The largest absolute Gasteiger partial charge is 0.353 e. The summed E-state index contributed by atoms with van der Waals surface area (Å²) in [5, 5.41) is 14.8. The smallest absolute Gasteiger partial charge is 0.223 e. The van der Waals surface area contributed by atoms with Crippen LogP contribution in [0.5, 0.6) is 0 Å². The number of nitrogens with one attached hydrogen (secondary N) is 3. The SMILES string of the molecule is CCCCC(=O)NC1CCC(Nc2ncc(Cl)c(C(C=N)=CCC3CC3)n2)CC1. The summed E-state index contributed by atoms with van der Waals surface area (Å²) in [7, 11) is 0. The second-order valence-electron chi connectivity index (χ2n) is 8.24. The van der Waals surface area contributed by atoms with E-state index in [1.807, 2.05) is 0 Å². The van der Waals surface area contributed by atoms with Crippen LogP contribution in [-0.2, 0) is 4.79 Å². The van der Waals surface area contributed by atoms with Gasteiger partial charge in [0.1, 0.15) is 0 Å². The zero-order valence-electron chi connectivity index (χ0n) is 17.2. The van der Waals surface area contributed by atoms with E-state index in [-0.39, 0.29) is 18.0 Å². The van der Waals surface area contributed by atoms with Gasteiger partial charge in [0.05, 0.1) is 16.9 Å². The molecule has 29 heavy (non-hydrogen) atoms. The zero-order chi connectivity index (χ0) is 20.6. The highest BCUT2D eigenvalue weighted by Crippen LogP contribution is 2.34. The van der Waals surface area contributed by atoms with E-state index in [2.05, 4.69) is 33.6 Å². The molecule has 1 aromatic rings. The van der Waals surface area contributed by atoms with Crippen molar-refractivity contribution in [3.05, 3.63) is 23.0 Å². The minimum absolute atomic E-state index is 0.172. The maximum absolute atomic E-state index is 11.9. The minimum Gasteiger partial charge on any atom is -0.353 e. The van der Waals surface area contributed by atoms with Crippen molar-refractivity contribution in [2.24, 2.45) is 5.92 Å². The third kappa shape index (κ3) is 6.81. The summed E-state index contributed by atoms with van der Waals surface area (Å²) in [4.78, 5) is 20.8. The highest BCUT2D eigenvalue weighted by atomic mass is 35.5. The lowest BCUT2D eigenvalue weighted by molar-refractivity contribution is -0.122. The number of anilines is 1. The van der Waals surface area contributed by atoms with Crippen molar-refractivity contribution in [3.8, 4) is 0 Å². The van der Waals surface area contributed by atoms with Crippen LogP contribution >= 0.6 is 11.6 Å². The molecule has 0 atom stereocenters. The van der Waals surface area contributed by atoms with Crippen molar-refractivity contribution in [1.29, 1.82) is 5.41 Å². The van der Waals surface area contributed by atoms with Crippen LogP contribution in [0.2, 0.25) is 5.02 Å². The Kier molecular flexibility index (Phi) is 8.04. The van der Waals surface area contributed by atoms with Gasteiger partial charge >= 0.3 is 0 Å². The fourth-order valence-electron chi connectivity index (χ4n) is 3.71. The first kappa shape index (κ1) is 21.8. The predicted octanol–water partition coefficient (Wildman–Crippen LogP) is 4.99. The van der Waals surface area contributed by atoms with E-state index in [0.717, 1.165) is 56.4 Å². The van der Waals surface area contributed by atoms with Gasteiger partial charge in [-0.05, 0) is 57.3 Å². The lowest BCUT2D eigenvalue weighted by atomic mass is 9.91. The molecule has 0 spiro atoms. The maximum atomic E-state index is 11.9. The van der Waals surface area contributed by atoms with Crippen molar-refractivity contribution in [2.75, 3.05) is 5.32 Å². The quantitative estimate of drug-likeness (QED) is 0.467. The number of carbonyl (C=O) groups is 1. The van der Waals surface area contributed by atoms with Crippen molar-refractivity contribution in [3.63, 3.8) is 0 Å². The number of hydrogen-bond acceptors (Lipinski definition) is 5. The summed E-state index contributed by atoms with van der Waals surface area (Å²) < 4.78 is 0. The van der Waals surface area contributed by atoms with E-state index < -0.39 is 0 Å². The van der Waals surface area contributed by atoms with Gasteiger partial charge in [0.15, 0.2) is 0 Å². The molecule has 1 amide bonds. The Bertz CT molecular complexity index is 739. The second kappa shape index (κ2) is 10.7. The number of nitrogens with zero attached hydrogens (tertiary/aromatic N) is 2. The van der Waals surface area contributed by atoms with Crippen LogP contribution in [0, 0.1) is 11.3 Å². The Hall–Kier alpha value is -1.95. The molecule has 1 aromatic heterocycles. The molecule has 2 aliphatic rings. The normalized spacial score (nSPS) is 22.2. The molecule has 2 saturated carbocycles. The average Bonchev–Trinajstić information content (AvgIpc) is 3.55. The molecule has 158 valence electrons. The van der Waals surface area contributed by atoms with Crippen LogP contribution in [0.15, 0.2) is 12.3 Å². The Morgan fingerprint density at radius 1 is 1.24 bits per heavy atom. The first-order valence-electron chi connectivity index (χ1n) is 10.9. The molecule has 2 fully saturated rings. The Morgan fingerprint density at radius 3 is 2.62 bits per heavy atom. The molecule has 0 bridgehead atoms. The molecule has 0 saturated heterocycles. The molecular formula is C22H32ClN5O. The van der Waals surface area contributed by atoms with Crippen LogP contribution < -0.4 is 10.6 Å². The summed E-state index contributed by atoms with van der Waals surface area (Å²) >= 11 is 6.31. The summed E-state index contributed by atoms with van der Waals surface area (Å²) in [5.74, 6) is 1.48. The highest BCUT2D eigenvalue weighted by Gasteiger charge is 2.23. The van der Waals surface area contributed by atoms with Gasteiger partial charge in [0, 0.05) is 30.3 Å². The number of amides is 1. The summed E-state index contributed by atoms with van der Waals surface area (Å²) in [6.07, 6.45) is 15.0. The highest BCUT2D eigenvalue weighted by molar-refractivity contribution is 6.33. The van der Waals surface area contributed by atoms with Gasteiger partial charge in [0.2, 0.25) is 11.9 Å². The number of carbonyl (C=O) groups excluding carboxylic acids is 1. The Morgan fingerprint density at radius 2 is 1.97 bits per heavy atom. The fraction of sp³-hybridized carbons (Fsp3) is 0.636. The lowest BCUT2D eigenvalue weighted by Gasteiger charge is -2.29. The standard InChI is InChI=1S/C22H32ClN5O/c1-2-3-4-20(29)26-17-9-11-18(12-10-17)27-22-25-14-19(23)21(28-22)16(13-24)8-7-15-5-6-15/h8,13-15,17-18,24H,2-7,9-12H2,1H3,(H,26,29)(H,25,27,28). The van der Waals surface area contributed by atoms with Gasteiger partial charge < -0.3 is 16.0 Å². The third-order valence-corrected chi connectivity index (χ3v) is 6.00. The van der Waals surface area contributed by atoms with Gasteiger partial charge in [-0.25, -0.2) is 9.97 Å². The molecule has 0 aliphatic heterocycles. The third-order valence-electron chi connectivity index (χ3n) is 5.72. The predicted molar refractivity (Wildman–Crippen MR) is 118 cm³/mol. The van der Waals surface area contributed by atoms with Crippen molar-refractivity contribution in [1.82, 2.24) is 15.3 Å². The van der Waals surface area contributed by atoms with E-state index >= 15 is 0 Å². The molecule has 2 aliphatic carbocycles. The van der Waals surface area contributed by atoms with Crippen LogP contribution in [0.25, 0.3) is 5.57 Å². The molecule has 3 rings (SSSR count). The van der Waals surface area contributed by atoms with Gasteiger partial charge in [-0.2, -0.15) is 0 Å². The van der Waals surface area contributed by atoms with E-state index in [9.17, 15) is 4.79 Å². The van der Waals surface area contributed by atoms with E-state index in [1.165, 1.54) is 19.1 Å². The summed E-state index contributed by atoms with van der Waals surface area (Å²) in [5.41, 5.74) is 1.38. The topological polar surface area (TPSA) is 90.8 Å². The number of unbranched alkanes of at least 4 members (excludes halogenated alkanes) is 1. The Labute approximate surface area is 178 Å². The minimum atomic E-state index is 0.172. The van der Waals surface area contributed by atoms with Crippen LogP contribution in [0.4, 0.5) is 5.95 Å². The van der Waals surface area contributed by atoms with Crippen LogP contribution in [-0.4, -0.2) is 34.2 Å². The molecule has 1 heterocycles. The van der Waals surface area contributed by atoms with Gasteiger partial charge in [-0.3, -0.25) is 4.79 Å². The van der Waals surface area contributed by atoms with Gasteiger partial charge in [-0.1, -0.05) is 31.0 Å². The Balaban J connectivity index is 1.54. The maximum Gasteiger partial charge on any atom is 0.223 e. The molecule has 6 nitrogen and oxygen atoms in total. The first-order valence-corrected chi connectivity index (χ1v) is 11.3. The molecule has 0 radical (unpaired) electrons. The molecule has 3 N–H and O–H groups in total. The number of aromatic nitrogens is 2. The van der Waals surface area contributed by atoms with E-state index in [4.69, 9.17) is 17.0 Å². The van der Waals surface area contributed by atoms with Gasteiger partial charge in [-0.15, -0.1) is 0 Å². The summed E-state index contributed by atoms with van der Waals surface area (Å²) in [6.45, 7) is 2.10. The summed E-state index contributed by atoms with van der Waals surface area (Å²) in [6, 6.07) is 0.556. The monoisotopic (exact) mass is 417 g/mol. The van der Waals surface area contributed by atoms with E-state index in [0.29, 0.717) is 23.1 Å². The lowest BCUT2D eigenvalue weighted by Crippen LogP contribution is -2.40. The first-order chi connectivity index (χ1) is 14.1. The molecule has 7 heteroatoms. The van der Waals surface area contributed by atoms with Crippen LogP contribution in [0.3, 0.4) is 0 Å². The average molecular weight is 418 g/mol.